The number of hydrogen-bond acceptors (Lipinski definition) is 5. The molecule has 21 heavy (non-hydrogen) atoms. The van der Waals surface area contributed by atoms with Crippen LogP contribution < -0.4 is 4.74 Å². The van der Waals surface area contributed by atoms with Gasteiger partial charge in [0.2, 0.25) is 5.12 Å². The van der Waals surface area contributed by atoms with Gasteiger partial charge in [0.15, 0.2) is 5.78 Å². The average molecular weight is 327 g/mol. The molecule has 2 rings (SSSR count). The minimum Gasteiger partial charge on any atom is -0.510 e. The van der Waals surface area contributed by atoms with Crippen molar-refractivity contribution >= 4 is 34.3 Å². The Hall–Kier alpha value is -1.46. The fourth-order valence-electron chi connectivity index (χ4n) is 1.90. The van der Waals surface area contributed by atoms with Gasteiger partial charge >= 0.3 is 0 Å². The molecule has 0 aromatic heterocycles. The van der Waals surface area contributed by atoms with E-state index in [1.165, 1.54) is 0 Å². The zero-order valence-electron chi connectivity index (χ0n) is 11.3. The van der Waals surface area contributed by atoms with Gasteiger partial charge in [0.25, 0.3) is 0 Å². The van der Waals surface area contributed by atoms with Crippen molar-refractivity contribution in [2.75, 3.05) is 12.4 Å². The van der Waals surface area contributed by atoms with E-state index in [2.05, 4.69) is 0 Å². The van der Waals surface area contributed by atoms with Gasteiger partial charge in [-0.25, -0.2) is 0 Å². The second-order valence-electron chi connectivity index (χ2n) is 4.58. The number of hydrogen-bond donors (Lipinski definition) is 1. The maximum atomic E-state index is 11.8. The van der Waals surface area contributed by atoms with E-state index in [0.29, 0.717) is 24.5 Å². The monoisotopic (exact) mass is 326 g/mol. The number of Topliss-reactive ketones (excluding diaryl/α,β-unsaturated/α-hetero) is 1. The van der Waals surface area contributed by atoms with E-state index in [9.17, 15) is 14.7 Å². The van der Waals surface area contributed by atoms with Gasteiger partial charge in [0.1, 0.15) is 17.1 Å². The number of aliphatic hydroxyl groups excluding tert-OH is 1. The van der Waals surface area contributed by atoms with Gasteiger partial charge in [-0.05, 0) is 37.1 Å². The summed E-state index contributed by atoms with van der Waals surface area (Å²) in [5.41, 5.74) is -0.0291. The van der Waals surface area contributed by atoms with Crippen molar-refractivity contribution in [3.63, 3.8) is 0 Å². The van der Waals surface area contributed by atoms with Crippen LogP contribution in [0.4, 0.5) is 0 Å². The number of ether oxygens (including phenoxy) is 1. The van der Waals surface area contributed by atoms with Gasteiger partial charge in [-0.2, -0.15) is 0 Å². The van der Waals surface area contributed by atoms with Crippen LogP contribution in [0.3, 0.4) is 0 Å². The first-order chi connectivity index (χ1) is 10.1. The van der Waals surface area contributed by atoms with E-state index in [-0.39, 0.29) is 34.4 Å². The zero-order chi connectivity index (χ0) is 15.2. The van der Waals surface area contributed by atoms with Gasteiger partial charge < -0.3 is 9.84 Å². The highest BCUT2D eigenvalue weighted by molar-refractivity contribution is 8.14. The summed E-state index contributed by atoms with van der Waals surface area (Å²) >= 11 is 6.73. The molecule has 1 aliphatic heterocycles. The van der Waals surface area contributed by atoms with Crippen LogP contribution in [0, 0.1) is 0 Å². The highest BCUT2D eigenvalue weighted by Crippen LogP contribution is 2.26. The van der Waals surface area contributed by atoms with E-state index >= 15 is 0 Å². The Labute approximate surface area is 132 Å². The number of unbranched alkanes of at least 4 members (excludes halogenated alkanes) is 1. The third-order valence-electron chi connectivity index (χ3n) is 2.99. The molecule has 1 aliphatic rings. The lowest BCUT2D eigenvalue weighted by atomic mass is 10.1. The van der Waals surface area contributed by atoms with Crippen LogP contribution in [-0.2, 0) is 9.59 Å². The van der Waals surface area contributed by atoms with E-state index in [1.54, 1.807) is 24.3 Å². The number of ketones is 1. The van der Waals surface area contributed by atoms with Crippen molar-refractivity contribution in [2.45, 2.75) is 19.3 Å². The van der Waals surface area contributed by atoms with E-state index in [4.69, 9.17) is 16.3 Å². The number of carbonyl (C=O) groups excluding carboxylic acids is 2. The van der Waals surface area contributed by atoms with Gasteiger partial charge in [-0.15, -0.1) is 0 Å². The summed E-state index contributed by atoms with van der Waals surface area (Å²) < 4.78 is 5.51. The first-order valence-electron chi connectivity index (χ1n) is 6.58. The summed E-state index contributed by atoms with van der Waals surface area (Å²) in [5.74, 6) is 0.564. The molecule has 0 aliphatic carbocycles. The van der Waals surface area contributed by atoms with Crippen LogP contribution in [0.25, 0.3) is 0 Å². The van der Waals surface area contributed by atoms with Gasteiger partial charge in [0.05, 0.1) is 12.4 Å². The standard InChI is InChI=1S/C15H15ClO4S/c16-10-4-6-11(7-5-10)20-8-2-1-3-12(17)14-13(18)9-21-15(14)19/h4-7,18H,1-3,8-9H2. The first kappa shape index (κ1) is 15.9. The van der Waals surface area contributed by atoms with Crippen LogP contribution >= 0.6 is 23.4 Å². The molecule has 112 valence electrons. The molecule has 1 heterocycles. The topological polar surface area (TPSA) is 63.6 Å². The summed E-state index contributed by atoms with van der Waals surface area (Å²) in [6.07, 6.45) is 1.56. The van der Waals surface area contributed by atoms with Crippen molar-refractivity contribution < 1.29 is 19.4 Å². The fraction of sp³-hybridized carbons (Fsp3) is 0.333. The van der Waals surface area contributed by atoms with Crippen LogP contribution in [0.5, 0.6) is 5.75 Å². The third-order valence-corrected chi connectivity index (χ3v) is 4.13. The van der Waals surface area contributed by atoms with Crippen molar-refractivity contribution in [1.82, 2.24) is 0 Å². The molecule has 0 atom stereocenters. The lowest BCUT2D eigenvalue weighted by molar-refractivity contribution is -0.118. The molecular weight excluding hydrogens is 312 g/mol. The SMILES string of the molecule is O=C(CCCCOc1ccc(Cl)cc1)C1=C(O)CSC1=O. The summed E-state index contributed by atoms with van der Waals surface area (Å²) in [7, 11) is 0. The summed E-state index contributed by atoms with van der Waals surface area (Å²) in [6, 6.07) is 7.06. The maximum absolute atomic E-state index is 11.8. The molecule has 0 saturated carbocycles. The fourth-order valence-corrected chi connectivity index (χ4v) is 2.82. The normalized spacial score (nSPS) is 14.6. The molecule has 4 nitrogen and oxygen atoms in total. The molecule has 0 unspecified atom stereocenters. The Morgan fingerprint density at radius 3 is 2.62 bits per heavy atom. The predicted molar refractivity (Wildman–Crippen MR) is 82.9 cm³/mol. The van der Waals surface area contributed by atoms with Crippen LogP contribution in [0.15, 0.2) is 35.6 Å². The second kappa shape index (κ2) is 7.52. The van der Waals surface area contributed by atoms with Crippen LogP contribution in [0.1, 0.15) is 19.3 Å². The maximum Gasteiger partial charge on any atom is 0.226 e. The van der Waals surface area contributed by atoms with E-state index < -0.39 is 0 Å². The first-order valence-corrected chi connectivity index (χ1v) is 7.95. The molecule has 0 bridgehead atoms. The summed E-state index contributed by atoms with van der Waals surface area (Å²) in [6.45, 7) is 0.489. The predicted octanol–water partition coefficient (Wildman–Crippen LogP) is 3.54. The number of thioether (sulfide) groups is 1. The quantitative estimate of drug-likeness (QED) is 0.613. The van der Waals surface area contributed by atoms with Crippen molar-refractivity contribution in [3.05, 3.63) is 40.6 Å². The molecule has 1 N–H and O–H groups in total. The molecule has 0 spiro atoms. The lowest BCUT2D eigenvalue weighted by Crippen LogP contribution is -2.09. The third kappa shape index (κ3) is 4.51. The molecule has 0 fully saturated rings. The number of aliphatic hydroxyl groups is 1. The Morgan fingerprint density at radius 1 is 1.29 bits per heavy atom. The number of halogens is 1. The number of carbonyl (C=O) groups is 2. The summed E-state index contributed by atoms with van der Waals surface area (Å²) in [5, 5.41) is 9.81. The van der Waals surface area contributed by atoms with E-state index in [1.807, 2.05) is 0 Å². The molecular formula is C15H15ClO4S. The highest BCUT2D eigenvalue weighted by Gasteiger charge is 2.28. The Balaban J connectivity index is 1.68. The number of rotatable bonds is 7. The van der Waals surface area contributed by atoms with Gasteiger partial charge in [-0.3, -0.25) is 9.59 Å². The van der Waals surface area contributed by atoms with Crippen molar-refractivity contribution in [1.29, 1.82) is 0 Å². The van der Waals surface area contributed by atoms with Gasteiger partial charge in [0, 0.05) is 11.4 Å². The van der Waals surface area contributed by atoms with Crippen molar-refractivity contribution in [3.8, 4) is 5.75 Å². The summed E-state index contributed by atoms with van der Waals surface area (Å²) in [4.78, 5) is 23.2. The molecule has 1 aromatic carbocycles. The average Bonchev–Trinajstić information content (AvgIpc) is 2.79. The molecule has 6 heteroatoms. The smallest absolute Gasteiger partial charge is 0.226 e. The second-order valence-corrected chi connectivity index (χ2v) is 5.97. The zero-order valence-corrected chi connectivity index (χ0v) is 12.9. The minimum absolute atomic E-state index is 0.0291. The van der Waals surface area contributed by atoms with Gasteiger partial charge in [-0.1, -0.05) is 23.4 Å². The largest absolute Gasteiger partial charge is 0.510 e. The Morgan fingerprint density at radius 2 is 2.00 bits per heavy atom. The number of benzene rings is 1. The highest BCUT2D eigenvalue weighted by atomic mass is 35.5. The lowest BCUT2D eigenvalue weighted by Gasteiger charge is -2.06. The van der Waals surface area contributed by atoms with Crippen LogP contribution in [-0.4, -0.2) is 28.4 Å². The van der Waals surface area contributed by atoms with Crippen molar-refractivity contribution in [2.24, 2.45) is 0 Å². The minimum atomic E-state index is -0.324. The Kier molecular flexibility index (Phi) is 5.70. The van der Waals surface area contributed by atoms with Crippen LogP contribution in [0.2, 0.25) is 5.02 Å². The Bertz CT molecular complexity index is 566. The van der Waals surface area contributed by atoms with E-state index in [0.717, 1.165) is 17.5 Å². The molecule has 1 aromatic rings. The molecule has 0 amide bonds. The molecule has 0 saturated heterocycles. The molecule has 0 radical (unpaired) electrons.